The molecule has 1 aliphatic carbocycles. The molecule has 1 aromatic rings. The third-order valence-corrected chi connectivity index (χ3v) is 7.70. The number of urea groups is 1. The first-order chi connectivity index (χ1) is 15.3. The molecule has 3 amide bonds. The zero-order chi connectivity index (χ0) is 23.1. The van der Waals surface area contributed by atoms with Crippen molar-refractivity contribution in [3.8, 4) is 0 Å². The van der Waals surface area contributed by atoms with Crippen molar-refractivity contribution in [3.05, 3.63) is 48.6 Å². The minimum atomic E-state index is -3.86. The lowest BCUT2D eigenvalue weighted by Gasteiger charge is -2.42. The molecule has 0 radical (unpaired) electrons. The molecule has 1 unspecified atom stereocenters. The monoisotopic (exact) mass is 463 g/mol. The van der Waals surface area contributed by atoms with Gasteiger partial charge in [-0.25, -0.2) is 13.2 Å². The van der Waals surface area contributed by atoms with Gasteiger partial charge in [-0.2, -0.15) is 4.31 Å². The predicted molar refractivity (Wildman–Crippen MR) is 123 cm³/mol. The summed E-state index contributed by atoms with van der Waals surface area (Å²) in [6.07, 6.45) is 3.81. The number of nitrogens with two attached hydrogens (primary N) is 1. The van der Waals surface area contributed by atoms with E-state index in [1.807, 2.05) is 6.07 Å². The summed E-state index contributed by atoms with van der Waals surface area (Å²) in [6.45, 7) is 4.27. The fourth-order valence-electron chi connectivity index (χ4n) is 4.24. The fraction of sp³-hybridized carbons (Fsp3) is 0.545. The van der Waals surface area contributed by atoms with Crippen LogP contribution in [0, 0.1) is 0 Å². The van der Waals surface area contributed by atoms with Crippen molar-refractivity contribution in [2.45, 2.75) is 56.1 Å². The van der Waals surface area contributed by atoms with E-state index in [4.69, 9.17) is 5.73 Å². The number of nitrogens with zero attached hydrogens (tertiary/aromatic N) is 2. The van der Waals surface area contributed by atoms with Crippen molar-refractivity contribution < 1.29 is 18.0 Å². The number of nitrogens with one attached hydrogen (secondary N) is 2. The van der Waals surface area contributed by atoms with Gasteiger partial charge in [0.1, 0.15) is 0 Å². The van der Waals surface area contributed by atoms with Crippen LogP contribution in [0.15, 0.2) is 43.0 Å². The first-order valence-electron chi connectivity index (χ1n) is 11.1. The Balaban J connectivity index is 1.84. The summed E-state index contributed by atoms with van der Waals surface area (Å²) in [7, 11) is -3.86. The highest BCUT2D eigenvalue weighted by Gasteiger charge is 2.44. The molecule has 1 atom stereocenters. The SMILES string of the molecule is C=CCNC(=O)N1CCCN(S(=O)(=O)Cc2ccccc2)C1C(=O)NC1CCC(N)CC1. The Bertz CT molecular complexity index is 900. The van der Waals surface area contributed by atoms with Crippen LogP contribution in [-0.4, -0.2) is 67.4 Å². The minimum absolute atomic E-state index is 0.0824. The quantitative estimate of drug-likeness (QED) is 0.523. The standard InChI is InChI=1S/C22H33N5O4S/c1-2-13-24-22(29)26-14-6-15-27(32(30,31)16-17-7-4-3-5-8-17)21(26)20(28)25-19-11-9-18(23)10-12-19/h2-5,7-8,18-19,21H,1,6,9-16,23H2,(H,24,29)(H,25,28). The molecular formula is C22H33N5O4S. The minimum Gasteiger partial charge on any atom is -0.350 e. The van der Waals surface area contributed by atoms with Gasteiger partial charge < -0.3 is 16.4 Å². The van der Waals surface area contributed by atoms with Gasteiger partial charge in [-0.3, -0.25) is 9.69 Å². The van der Waals surface area contributed by atoms with Crippen LogP contribution in [-0.2, 0) is 20.6 Å². The lowest BCUT2D eigenvalue weighted by molar-refractivity contribution is -0.131. The Kier molecular flexibility index (Phi) is 8.27. The molecule has 1 aliphatic heterocycles. The summed E-state index contributed by atoms with van der Waals surface area (Å²) in [4.78, 5) is 27.4. The van der Waals surface area contributed by atoms with Crippen LogP contribution in [0.5, 0.6) is 0 Å². The molecule has 0 spiro atoms. The Labute approximate surface area is 190 Å². The lowest BCUT2D eigenvalue weighted by atomic mass is 9.92. The van der Waals surface area contributed by atoms with Crippen LogP contribution in [0.2, 0.25) is 0 Å². The molecule has 1 saturated carbocycles. The van der Waals surface area contributed by atoms with E-state index in [0.717, 1.165) is 25.7 Å². The summed E-state index contributed by atoms with van der Waals surface area (Å²) in [5, 5.41) is 5.64. The summed E-state index contributed by atoms with van der Waals surface area (Å²) in [5.74, 6) is -0.714. The molecular weight excluding hydrogens is 430 g/mol. The van der Waals surface area contributed by atoms with Crippen LogP contribution in [0.1, 0.15) is 37.7 Å². The molecule has 1 heterocycles. The van der Waals surface area contributed by atoms with Gasteiger partial charge in [-0.05, 0) is 37.7 Å². The third kappa shape index (κ3) is 6.08. The number of hydrogen-bond acceptors (Lipinski definition) is 5. The molecule has 4 N–H and O–H groups in total. The number of sulfonamides is 1. The van der Waals surface area contributed by atoms with Crippen molar-refractivity contribution >= 4 is 22.0 Å². The number of carbonyl (C=O) groups excluding carboxylic acids is 2. The maximum absolute atomic E-state index is 13.4. The summed E-state index contributed by atoms with van der Waals surface area (Å²) in [6, 6.07) is 8.38. The average Bonchev–Trinajstić information content (AvgIpc) is 2.78. The molecule has 32 heavy (non-hydrogen) atoms. The van der Waals surface area contributed by atoms with Crippen LogP contribution < -0.4 is 16.4 Å². The normalized spacial score (nSPS) is 24.5. The second kappa shape index (κ2) is 10.9. The largest absolute Gasteiger partial charge is 0.350 e. The zero-order valence-corrected chi connectivity index (χ0v) is 19.1. The highest BCUT2D eigenvalue weighted by Crippen LogP contribution is 2.23. The summed E-state index contributed by atoms with van der Waals surface area (Å²) >= 11 is 0. The number of benzene rings is 1. The zero-order valence-electron chi connectivity index (χ0n) is 18.3. The van der Waals surface area contributed by atoms with Crippen LogP contribution in [0.4, 0.5) is 4.79 Å². The van der Waals surface area contributed by atoms with E-state index in [9.17, 15) is 18.0 Å². The van der Waals surface area contributed by atoms with Crippen LogP contribution in [0.3, 0.4) is 0 Å². The molecule has 0 aromatic heterocycles. The number of amides is 3. The first-order valence-corrected chi connectivity index (χ1v) is 12.7. The molecule has 9 nitrogen and oxygen atoms in total. The van der Waals surface area contributed by atoms with E-state index >= 15 is 0 Å². The molecule has 2 fully saturated rings. The maximum Gasteiger partial charge on any atom is 0.319 e. The van der Waals surface area contributed by atoms with Gasteiger partial charge in [0.05, 0.1) is 5.75 Å². The van der Waals surface area contributed by atoms with E-state index in [0.29, 0.717) is 12.0 Å². The van der Waals surface area contributed by atoms with Gasteiger partial charge in [-0.15, -0.1) is 6.58 Å². The smallest absolute Gasteiger partial charge is 0.319 e. The Hall–Kier alpha value is -2.43. The van der Waals surface area contributed by atoms with Gasteiger partial charge in [-0.1, -0.05) is 36.4 Å². The van der Waals surface area contributed by atoms with Gasteiger partial charge in [0, 0.05) is 31.7 Å². The lowest BCUT2D eigenvalue weighted by Crippen LogP contribution is -2.65. The maximum atomic E-state index is 13.4. The first kappa shape index (κ1) is 24.2. The van der Waals surface area contributed by atoms with Crippen molar-refractivity contribution in [2.75, 3.05) is 19.6 Å². The predicted octanol–water partition coefficient (Wildman–Crippen LogP) is 1.13. The number of rotatable bonds is 7. The van der Waals surface area contributed by atoms with Gasteiger partial charge >= 0.3 is 6.03 Å². The average molecular weight is 464 g/mol. The molecule has 3 rings (SSSR count). The molecule has 1 saturated heterocycles. The van der Waals surface area contributed by atoms with Gasteiger partial charge in [0.2, 0.25) is 10.0 Å². The van der Waals surface area contributed by atoms with Crippen molar-refractivity contribution in [2.24, 2.45) is 5.73 Å². The van der Waals surface area contributed by atoms with E-state index in [-0.39, 0.29) is 37.5 Å². The molecule has 2 aliphatic rings. The van der Waals surface area contributed by atoms with Crippen molar-refractivity contribution in [1.82, 2.24) is 19.8 Å². The summed E-state index contributed by atoms with van der Waals surface area (Å²) in [5.41, 5.74) is 6.59. The van der Waals surface area contributed by atoms with Crippen LogP contribution in [0.25, 0.3) is 0 Å². The number of hydrogen-bond donors (Lipinski definition) is 3. The van der Waals surface area contributed by atoms with E-state index < -0.39 is 28.1 Å². The molecule has 176 valence electrons. The number of carbonyl (C=O) groups is 2. The van der Waals surface area contributed by atoms with E-state index in [2.05, 4.69) is 17.2 Å². The highest BCUT2D eigenvalue weighted by molar-refractivity contribution is 7.88. The Morgan fingerprint density at radius 1 is 1.12 bits per heavy atom. The molecule has 10 heteroatoms. The summed E-state index contributed by atoms with van der Waals surface area (Å²) < 4.78 is 27.9. The molecule has 0 bridgehead atoms. The van der Waals surface area contributed by atoms with Crippen LogP contribution >= 0.6 is 0 Å². The van der Waals surface area contributed by atoms with E-state index in [1.165, 1.54) is 15.3 Å². The Morgan fingerprint density at radius 3 is 2.47 bits per heavy atom. The Morgan fingerprint density at radius 2 is 1.81 bits per heavy atom. The van der Waals surface area contributed by atoms with Crippen molar-refractivity contribution in [3.63, 3.8) is 0 Å². The fourth-order valence-corrected chi connectivity index (χ4v) is 5.94. The van der Waals surface area contributed by atoms with Gasteiger partial charge in [0.25, 0.3) is 5.91 Å². The van der Waals surface area contributed by atoms with Crippen molar-refractivity contribution in [1.29, 1.82) is 0 Å². The van der Waals surface area contributed by atoms with E-state index in [1.54, 1.807) is 24.3 Å². The molecule has 1 aromatic carbocycles. The van der Waals surface area contributed by atoms with Gasteiger partial charge in [0.15, 0.2) is 6.17 Å². The highest BCUT2D eigenvalue weighted by atomic mass is 32.2. The topological polar surface area (TPSA) is 125 Å². The second-order valence-corrected chi connectivity index (χ2v) is 10.3. The second-order valence-electron chi connectivity index (χ2n) is 8.37. The third-order valence-electron chi connectivity index (χ3n) is 5.91.